The average Bonchev–Trinajstić information content (AvgIpc) is 3.25. The van der Waals surface area contributed by atoms with E-state index in [9.17, 15) is 31.2 Å². The van der Waals surface area contributed by atoms with Crippen LogP contribution >= 0.6 is 11.6 Å². The van der Waals surface area contributed by atoms with Gasteiger partial charge in [0.15, 0.2) is 9.84 Å². The van der Waals surface area contributed by atoms with Gasteiger partial charge in [-0.3, -0.25) is 9.59 Å². The second kappa shape index (κ2) is 7.74. The van der Waals surface area contributed by atoms with Crippen LogP contribution in [0.4, 0.5) is 13.2 Å². The number of rotatable bonds is 5. The van der Waals surface area contributed by atoms with Crippen molar-refractivity contribution < 1.29 is 31.2 Å². The summed E-state index contributed by atoms with van der Waals surface area (Å²) in [5, 5.41) is 10.2. The molecule has 2 fully saturated rings. The molecule has 1 aliphatic heterocycles. The Morgan fingerprint density at radius 2 is 1.93 bits per heavy atom. The van der Waals surface area contributed by atoms with E-state index in [1.54, 1.807) is 0 Å². The number of nitrogens with one attached hydrogen (secondary N) is 1. The summed E-state index contributed by atoms with van der Waals surface area (Å²) in [5.41, 5.74) is -1.12. The molecule has 1 N–H and O–H groups in total. The van der Waals surface area contributed by atoms with Gasteiger partial charge in [-0.2, -0.15) is 18.4 Å². The summed E-state index contributed by atoms with van der Waals surface area (Å²) < 4.78 is 64.2. The standard InChI is InChI=1S/C18H17ClF3N3O4S/c19-12-3-1-2-4-14(12)30(28,29)11-7-13(16(27)24-17(10-23)5-6-17)25(9-11)15(26)8-18(20,21)22/h1-4,11,13H,5-9H2,(H,24,27). The van der Waals surface area contributed by atoms with Crippen molar-refractivity contribution in [2.24, 2.45) is 0 Å². The highest BCUT2D eigenvalue weighted by atomic mass is 35.5. The molecule has 1 saturated carbocycles. The molecule has 12 heteroatoms. The molecule has 2 aliphatic rings. The molecule has 0 radical (unpaired) electrons. The maximum Gasteiger partial charge on any atom is 0.397 e. The SMILES string of the molecule is N#CC1(NC(=O)C2CC(S(=O)(=O)c3ccccc3Cl)CN2C(=O)CC(F)(F)F)CC1. The summed E-state index contributed by atoms with van der Waals surface area (Å²) in [5.74, 6) is -2.25. The molecule has 30 heavy (non-hydrogen) atoms. The monoisotopic (exact) mass is 463 g/mol. The third-order valence-corrected chi connectivity index (χ3v) is 7.78. The minimum Gasteiger partial charge on any atom is -0.336 e. The Bertz CT molecular complexity index is 1020. The minimum atomic E-state index is -4.82. The Balaban J connectivity index is 1.89. The second-order valence-electron chi connectivity index (χ2n) is 7.37. The zero-order valence-corrected chi connectivity index (χ0v) is 17.0. The van der Waals surface area contributed by atoms with Crippen molar-refractivity contribution in [3.05, 3.63) is 29.3 Å². The summed E-state index contributed by atoms with van der Waals surface area (Å²) in [6, 6.07) is 6.03. The van der Waals surface area contributed by atoms with E-state index < -0.39 is 64.0 Å². The van der Waals surface area contributed by atoms with Gasteiger partial charge in [0.2, 0.25) is 11.8 Å². The summed E-state index contributed by atoms with van der Waals surface area (Å²) in [6.45, 7) is -0.583. The third-order valence-electron chi connectivity index (χ3n) is 5.15. The van der Waals surface area contributed by atoms with E-state index in [0.29, 0.717) is 17.7 Å². The summed E-state index contributed by atoms with van der Waals surface area (Å²) in [7, 11) is -4.13. The Labute approximate surface area is 175 Å². The first-order chi connectivity index (χ1) is 13.9. The van der Waals surface area contributed by atoms with Gasteiger partial charge < -0.3 is 10.2 Å². The van der Waals surface area contributed by atoms with Gasteiger partial charge in [0.1, 0.15) is 18.0 Å². The lowest BCUT2D eigenvalue weighted by atomic mass is 10.1. The number of nitrogens with zero attached hydrogens (tertiary/aromatic N) is 2. The number of alkyl halides is 3. The topological polar surface area (TPSA) is 107 Å². The van der Waals surface area contributed by atoms with E-state index in [1.165, 1.54) is 24.3 Å². The molecule has 0 aromatic heterocycles. The molecule has 1 saturated heterocycles. The fraction of sp³-hybridized carbons (Fsp3) is 0.500. The van der Waals surface area contributed by atoms with Crippen LogP contribution in [0.1, 0.15) is 25.7 Å². The quantitative estimate of drug-likeness (QED) is 0.720. The Hall–Kier alpha value is -2.32. The van der Waals surface area contributed by atoms with Gasteiger partial charge in [0, 0.05) is 6.54 Å². The first-order valence-corrected chi connectivity index (χ1v) is 10.9. The zero-order chi connectivity index (χ0) is 22.3. The first kappa shape index (κ1) is 22.4. The average molecular weight is 464 g/mol. The van der Waals surface area contributed by atoms with Gasteiger partial charge >= 0.3 is 6.18 Å². The maximum absolute atomic E-state index is 13.0. The number of hydrogen-bond acceptors (Lipinski definition) is 5. The highest BCUT2D eigenvalue weighted by Gasteiger charge is 2.51. The molecule has 2 unspecified atom stereocenters. The Kier molecular flexibility index (Phi) is 5.77. The number of hydrogen-bond donors (Lipinski definition) is 1. The van der Waals surface area contributed by atoms with Gasteiger partial charge in [0.25, 0.3) is 0 Å². The van der Waals surface area contributed by atoms with Gasteiger partial charge in [-0.15, -0.1) is 0 Å². The van der Waals surface area contributed by atoms with Gasteiger partial charge in [-0.1, -0.05) is 23.7 Å². The molecule has 1 aromatic rings. The Morgan fingerprint density at radius 1 is 1.30 bits per heavy atom. The predicted octanol–water partition coefficient (Wildman–Crippen LogP) is 2.21. The van der Waals surface area contributed by atoms with E-state index >= 15 is 0 Å². The van der Waals surface area contributed by atoms with E-state index in [0.717, 1.165) is 0 Å². The molecule has 1 aliphatic carbocycles. The van der Waals surface area contributed by atoms with Crippen molar-refractivity contribution in [3.63, 3.8) is 0 Å². The highest BCUT2D eigenvalue weighted by Crippen LogP contribution is 2.37. The van der Waals surface area contributed by atoms with E-state index in [-0.39, 0.29) is 9.92 Å². The third kappa shape index (κ3) is 4.54. The van der Waals surface area contributed by atoms with Crippen LogP contribution in [0.15, 0.2) is 29.2 Å². The van der Waals surface area contributed by atoms with Crippen LogP contribution in [0.3, 0.4) is 0 Å². The normalized spacial score (nSPS) is 23.0. The van der Waals surface area contributed by atoms with Crippen molar-refractivity contribution in [2.75, 3.05) is 6.54 Å². The van der Waals surface area contributed by atoms with Crippen LogP contribution in [-0.2, 0) is 19.4 Å². The van der Waals surface area contributed by atoms with Crippen molar-refractivity contribution in [1.29, 1.82) is 5.26 Å². The highest BCUT2D eigenvalue weighted by molar-refractivity contribution is 7.92. The van der Waals surface area contributed by atoms with Crippen LogP contribution < -0.4 is 5.32 Å². The smallest absolute Gasteiger partial charge is 0.336 e. The molecule has 2 amide bonds. The van der Waals surface area contributed by atoms with Crippen molar-refractivity contribution in [3.8, 4) is 6.07 Å². The number of nitriles is 1. The molecule has 0 spiro atoms. The minimum absolute atomic E-state index is 0.0695. The molecular weight excluding hydrogens is 447 g/mol. The van der Waals surface area contributed by atoms with Crippen molar-refractivity contribution >= 4 is 33.3 Å². The largest absolute Gasteiger partial charge is 0.397 e. The number of carbonyl (C=O) groups excluding carboxylic acids is 2. The number of carbonyl (C=O) groups is 2. The van der Waals surface area contributed by atoms with Crippen LogP contribution in [0.5, 0.6) is 0 Å². The molecule has 1 heterocycles. The zero-order valence-electron chi connectivity index (χ0n) is 15.4. The van der Waals surface area contributed by atoms with Crippen LogP contribution in [0, 0.1) is 11.3 Å². The number of sulfone groups is 1. The van der Waals surface area contributed by atoms with Crippen LogP contribution in [0.25, 0.3) is 0 Å². The molecule has 1 aromatic carbocycles. The molecule has 3 rings (SSSR count). The van der Waals surface area contributed by atoms with Gasteiger partial charge in [-0.05, 0) is 31.4 Å². The fourth-order valence-corrected chi connectivity index (χ4v) is 5.60. The van der Waals surface area contributed by atoms with Crippen LogP contribution in [0.2, 0.25) is 5.02 Å². The van der Waals surface area contributed by atoms with E-state index in [1.807, 2.05) is 6.07 Å². The summed E-state index contributed by atoms with van der Waals surface area (Å²) >= 11 is 5.96. The molecular formula is C18H17ClF3N3O4S. The number of likely N-dealkylation sites (tertiary alicyclic amines) is 1. The van der Waals surface area contributed by atoms with Crippen LogP contribution in [-0.4, -0.2) is 54.7 Å². The predicted molar refractivity (Wildman–Crippen MR) is 98.9 cm³/mol. The van der Waals surface area contributed by atoms with E-state index in [4.69, 9.17) is 16.9 Å². The summed E-state index contributed by atoms with van der Waals surface area (Å²) in [6.07, 6.45) is -6.29. The maximum atomic E-state index is 13.0. The lowest BCUT2D eigenvalue weighted by Gasteiger charge is -2.25. The first-order valence-electron chi connectivity index (χ1n) is 8.96. The van der Waals surface area contributed by atoms with Gasteiger partial charge in [0.05, 0.1) is 21.2 Å². The van der Waals surface area contributed by atoms with Gasteiger partial charge in [-0.25, -0.2) is 8.42 Å². The lowest BCUT2D eigenvalue weighted by molar-refractivity contribution is -0.163. The molecule has 2 atom stereocenters. The fourth-order valence-electron chi connectivity index (χ4n) is 3.38. The summed E-state index contributed by atoms with van der Waals surface area (Å²) in [4.78, 5) is 25.3. The molecule has 7 nitrogen and oxygen atoms in total. The van der Waals surface area contributed by atoms with Crippen molar-refractivity contribution in [2.45, 2.75) is 53.6 Å². The molecule has 0 bridgehead atoms. The second-order valence-corrected chi connectivity index (χ2v) is 9.97. The number of amides is 2. The van der Waals surface area contributed by atoms with E-state index in [2.05, 4.69) is 5.32 Å². The Morgan fingerprint density at radius 3 is 2.47 bits per heavy atom. The van der Waals surface area contributed by atoms with Crippen molar-refractivity contribution in [1.82, 2.24) is 10.2 Å². The number of benzene rings is 1. The lowest BCUT2D eigenvalue weighted by Crippen LogP contribution is -2.50. The number of halogens is 4. The molecule has 162 valence electrons.